The fourth-order valence-corrected chi connectivity index (χ4v) is 0.865. The largest absolute Gasteiger partial charge is 0.378 e. The third-order valence-electron chi connectivity index (χ3n) is 1.55. The first-order valence-corrected chi connectivity index (χ1v) is 4.11. The van der Waals surface area contributed by atoms with Crippen LogP contribution in [0, 0.1) is 0 Å². The molecular weight excluding hydrogens is 154 g/mol. The van der Waals surface area contributed by atoms with Gasteiger partial charge in [0.25, 0.3) is 0 Å². The molecule has 1 heterocycles. The van der Waals surface area contributed by atoms with Crippen LogP contribution < -0.4 is 5.32 Å². The molecule has 0 bridgehead atoms. The Morgan fingerprint density at radius 2 is 2.42 bits per heavy atom. The summed E-state index contributed by atoms with van der Waals surface area (Å²) < 4.78 is 7.34. The smallest absolute Gasteiger partial charge is 0.0946 e. The van der Waals surface area contributed by atoms with E-state index in [0.717, 1.165) is 26.3 Å². The van der Waals surface area contributed by atoms with Gasteiger partial charge in [-0.05, 0) is 7.05 Å². The van der Waals surface area contributed by atoms with Crippen molar-refractivity contribution in [3.8, 4) is 0 Å². The maximum Gasteiger partial charge on any atom is 0.0946 e. The topological polar surface area (TPSA) is 39.1 Å². The minimum Gasteiger partial charge on any atom is -0.378 e. The molecule has 0 aliphatic rings. The highest BCUT2D eigenvalue weighted by Gasteiger charge is 1.89. The number of nitrogens with one attached hydrogen (secondary N) is 1. The lowest BCUT2D eigenvalue weighted by Gasteiger charge is -2.03. The second kappa shape index (κ2) is 5.74. The molecule has 0 unspecified atom stereocenters. The van der Waals surface area contributed by atoms with Gasteiger partial charge in [-0.2, -0.15) is 0 Å². The molecule has 68 valence electrons. The van der Waals surface area contributed by atoms with E-state index in [-0.39, 0.29) is 0 Å². The van der Waals surface area contributed by atoms with E-state index in [0.29, 0.717) is 0 Å². The van der Waals surface area contributed by atoms with Crippen molar-refractivity contribution in [1.82, 2.24) is 14.9 Å². The maximum absolute atomic E-state index is 5.34. The number of nitrogens with zero attached hydrogens (tertiary/aromatic N) is 2. The minimum atomic E-state index is 0.748. The van der Waals surface area contributed by atoms with Crippen LogP contribution in [0.5, 0.6) is 0 Å². The molecule has 0 spiro atoms. The Bertz CT molecular complexity index is 186. The monoisotopic (exact) mass is 169 g/mol. The van der Waals surface area contributed by atoms with Crippen molar-refractivity contribution in [2.75, 3.05) is 26.8 Å². The van der Waals surface area contributed by atoms with Crippen LogP contribution in [-0.4, -0.2) is 36.4 Å². The first kappa shape index (κ1) is 9.22. The molecule has 0 atom stereocenters. The Morgan fingerprint density at radius 1 is 1.50 bits per heavy atom. The fourth-order valence-electron chi connectivity index (χ4n) is 0.865. The second-order valence-corrected chi connectivity index (χ2v) is 2.52. The number of imidazole rings is 1. The summed E-state index contributed by atoms with van der Waals surface area (Å²) in [7, 11) is 1.92. The zero-order valence-electron chi connectivity index (χ0n) is 7.36. The molecule has 0 aromatic carbocycles. The highest BCUT2D eigenvalue weighted by Crippen LogP contribution is 1.85. The van der Waals surface area contributed by atoms with Crippen molar-refractivity contribution >= 4 is 0 Å². The standard InChI is InChI=1S/C8H15N3O/c1-9-3-6-12-7-5-11-4-2-10-8-11/h2,4,8-9H,3,5-7H2,1H3. The maximum atomic E-state index is 5.34. The van der Waals surface area contributed by atoms with Crippen molar-refractivity contribution in [3.05, 3.63) is 18.7 Å². The summed E-state index contributed by atoms with van der Waals surface area (Å²) in [6.45, 7) is 3.30. The Labute approximate surface area is 72.6 Å². The third kappa shape index (κ3) is 3.50. The lowest BCUT2D eigenvalue weighted by atomic mass is 10.6. The molecule has 0 saturated carbocycles. The summed E-state index contributed by atoms with van der Waals surface area (Å²) in [4.78, 5) is 3.93. The van der Waals surface area contributed by atoms with Gasteiger partial charge in [0.15, 0.2) is 0 Å². The summed E-state index contributed by atoms with van der Waals surface area (Å²) in [5.41, 5.74) is 0. The number of hydrogen-bond acceptors (Lipinski definition) is 3. The number of likely N-dealkylation sites (N-methyl/N-ethyl adjacent to an activating group) is 1. The van der Waals surface area contributed by atoms with Crippen molar-refractivity contribution in [2.45, 2.75) is 6.54 Å². The van der Waals surface area contributed by atoms with Crippen LogP contribution in [0.2, 0.25) is 0 Å². The minimum absolute atomic E-state index is 0.748. The Balaban J connectivity index is 1.96. The van der Waals surface area contributed by atoms with E-state index >= 15 is 0 Å². The van der Waals surface area contributed by atoms with Crippen LogP contribution >= 0.6 is 0 Å². The zero-order chi connectivity index (χ0) is 8.65. The number of hydrogen-bond donors (Lipinski definition) is 1. The predicted molar refractivity (Wildman–Crippen MR) is 47.0 cm³/mol. The molecule has 4 heteroatoms. The first-order chi connectivity index (χ1) is 5.93. The number of aromatic nitrogens is 2. The summed E-state index contributed by atoms with van der Waals surface area (Å²) in [5, 5.41) is 3.02. The molecule has 1 aromatic heterocycles. The second-order valence-electron chi connectivity index (χ2n) is 2.52. The molecule has 1 N–H and O–H groups in total. The van der Waals surface area contributed by atoms with Crippen LogP contribution in [0.15, 0.2) is 18.7 Å². The molecule has 0 amide bonds. The average molecular weight is 169 g/mol. The van der Waals surface area contributed by atoms with E-state index in [2.05, 4.69) is 10.3 Å². The Morgan fingerprint density at radius 3 is 3.08 bits per heavy atom. The highest BCUT2D eigenvalue weighted by atomic mass is 16.5. The molecule has 1 aromatic rings. The molecule has 1 rings (SSSR count). The van der Waals surface area contributed by atoms with Crippen molar-refractivity contribution < 1.29 is 4.74 Å². The van der Waals surface area contributed by atoms with E-state index in [4.69, 9.17) is 4.74 Å². The molecule has 0 radical (unpaired) electrons. The van der Waals surface area contributed by atoms with Crippen molar-refractivity contribution in [3.63, 3.8) is 0 Å². The van der Waals surface area contributed by atoms with Gasteiger partial charge in [-0.1, -0.05) is 0 Å². The molecule has 0 aliphatic heterocycles. The van der Waals surface area contributed by atoms with Gasteiger partial charge in [-0.25, -0.2) is 4.98 Å². The Hall–Kier alpha value is -0.870. The van der Waals surface area contributed by atoms with E-state index in [1.165, 1.54) is 0 Å². The Kier molecular flexibility index (Phi) is 4.41. The third-order valence-corrected chi connectivity index (χ3v) is 1.55. The highest BCUT2D eigenvalue weighted by molar-refractivity contribution is 4.73. The summed E-state index contributed by atoms with van der Waals surface area (Å²) in [5.74, 6) is 0. The van der Waals surface area contributed by atoms with E-state index in [1.807, 2.05) is 17.8 Å². The van der Waals surface area contributed by atoms with Gasteiger partial charge < -0.3 is 14.6 Å². The molecule has 12 heavy (non-hydrogen) atoms. The van der Waals surface area contributed by atoms with Crippen LogP contribution in [0.4, 0.5) is 0 Å². The molecular formula is C8H15N3O. The lowest BCUT2D eigenvalue weighted by molar-refractivity contribution is 0.129. The number of ether oxygens (including phenoxy) is 1. The summed E-state index contributed by atoms with van der Waals surface area (Å²) in [6, 6.07) is 0. The van der Waals surface area contributed by atoms with E-state index in [9.17, 15) is 0 Å². The summed E-state index contributed by atoms with van der Waals surface area (Å²) in [6.07, 6.45) is 5.50. The molecule has 0 saturated heterocycles. The van der Waals surface area contributed by atoms with Gasteiger partial charge in [0, 0.05) is 25.5 Å². The van der Waals surface area contributed by atoms with Crippen LogP contribution in [0.3, 0.4) is 0 Å². The molecule has 4 nitrogen and oxygen atoms in total. The average Bonchev–Trinajstić information content (AvgIpc) is 2.57. The van der Waals surface area contributed by atoms with Gasteiger partial charge in [0.1, 0.15) is 0 Å². The molecule has 0 fully saturated rings. The van der Waals surface area contributed by atoms with Crippen molar-refractivity contribution in [1.29, 1.82) is 0 Å². The normalized spacial score (nSPS) is 10.4. The van der Waals surface area contributed by atoms with Gasteiger partial charge in [0.05, 0.1) is 19.5 Å². The zero-order valence-corrected chi connectivity index (χ0v) is 7.36. The lowest BCUT2D eigenvalue weighted by Crippen LogP contribution is -2.15. The predicted octanol–water partition coefficient (Wildman–Crippen LogP) is 0.119. The van der Waals surface area contributed by atoms with Gasteiger partial charge in [0.2, 0.25) is 0 Å². The van der Waals surface area contributed by atoms with Gasteiger partial charge in [-0.3, -0.25) is 0 Å². The SMILES string of the molecule is CNCCOCCn1ccnc1. The van der Waals surface area contributed by atoms with E-state index in [1.54, 1.807) is 12.5 Å². The first-order valence-electron chi connectivity index (χ1n) is 4.11. The number of rotatable bonds is 6. The van der Waals surface area contributed by atoms with Gasteiger partial charge in [-0.15, -0.1) is 0 Å². The van der Waals surface area contributed by atoms with Crippen LogP contribution in [-0.2, 0) is 11.3 Å². The quantitative estimate of drug-likeness (QED) is 0.615. The van der Waals surface area contributed by atoms with Gasteiger partial charge >= 0.3 is 0 Å². The molecule has 0 aliphatic carbocycles. The van der Waals surface area contributed by atoms with E-state index < -0.39 is 0 Å². The van der Waals surface area contributed by atoms with Crippen molar-refractivity contribution in [2.24, 2.45) is 0 Å². The van der Waals surface area contributed by atoms with Crippen LogP contribution in [0.1, 0.15) is 0 Å². The fraction of sp³-hybridized carbons (Fsp3) is 0.625. The van der Waals surface area contributed by atoms with Crippen LogP contribution in [0.25, 0.3) is 0 Å². The summed E-state index contributed by atoms with van der Waals surface area (Å²) >= 11 is 0.